The second-order valence-corrected chi connectivity index (χ2v) is 5.23. The van der Waals surface area contributed by atoms with Crippen LogP contribution in [0.4, 0.5) is 0 Å². The number of hydrogen-bond acceptors (Lipinski definition) is 3. The summed E-state index contributed by atoms with van der Waals surface area (Å²) >= 11 is 3.47. The quantitative estimate of drug-likeness (QED) is 0.908. The third-order valence-corrected chi connectivity index (χ3v) is 3.42. The molecule has 19 heavy (non-hydrogen) atoms. The van der Waals surface area contributed by atoms with E-state index in [9.17, 15) is 5.11 Å². The first kappa shape index (κ1) is 14.0. The number of aromatic nitrogens is 1. The van der Waals surface area contributed by atoms with Crippen LogP contribution in [0.1, 0.15) is 30.7 Å². The molecule has 2 aromatic rings. The van der Waals surface area contributed by atoms with Crippen molar-refractivity contribution in [2.24, 2.45) is 0 Å². The molecule has 1 aromatic heterocycles. The largest absolute Gasteiger partial charge is 0.455 e. The number of rotatable bonds is 4. The average Bonchev–Trinajstić information content (AvgIpc) is 2.42. The second-order valence-electron chi connectivity index (χ2n) is 4.38. The molecule has 0 radical (unpaired) electrons. The Morgan fingerprint density at radius 2 is 2.11 bits per heavy atom. The van der Waals surface area contributed by atoms with Crippen molar-refractivity contribution in [3.63, 3.8) is 0 Å². The van der Waals surface area contributed by atoms with Gasteiger partial charge >= 0.3 is 0 Å². The number of benzene rings is 1. The maximum Gasteiger partial charge on any atom is 0.145 e. The fraction of sp³-hybridized carbons (Fsp3) is 0.267. The van der Waals surface area contributed by atoms with Gasteiger partial charge in [0.25, 0.3) is 0 Å². The molecule has 4 heteroatoms. The zero-order valence-corrected chi connectivity index (χ0v) is 12.5. The van der Waals surface area contributed by atoms with Crippen LogP contribution in [-0.2, 0) is 0 Å². The molecular formula is C15H16BrNO2. The summed E-state index contributed by atoms with van der Waals surface area (Å²) in [6.45, 7) is 3.94. The van der Waals surface area contributed by atoms with Gasteiger partial charge in [-0.25, -0.2) is 0 Å². The van der Waals surface area contributed by atoms with Crippen LogP contribution in [-0.4, -0.2) is 10.1 Å². The summed E-state index contributed by atoms with van der Waals surface area (Å²) in [4.78, 5) is 4.20. The third kappa shape index (κ3) is 3.55. The first-order valence-electron chi connectivity index (χ1n) is 6.18. The van der Waals surface area contributed by atoms with Crippen molar-refractivity contribution < 1.29 is 9.84 Å². The molecule has 0 aliphatic carbocycles. The van der Waals surface area contributed by atoms with Gasteiger partial charge < -0.3 is 9.84 Å². The number of ether oxygens (including phenoxy) is 1. The topological polar surface area (TPSA) is 42.4 Å². The summed E-state index contributed by atoms with van der Waals surface area (Å²) in [5.41, 5.74) is 1.83. The van der Waals surface area contributed by atoms with Gasteiger partial charge in [0.15, 0.2) is 0 Å². The molecule has 0 fully saturated rings. The highest BCUT2D eigenvalue weighted by Gasteiger charge is 2.07. The highest BCUT2D eigenvalue weighted by atomic mass is 79.9. The van der Waals surface area contributed by atoms with E-state index in [4.69, 9.17) is 4.74 Å². The predicted molar refractivity (Wildman–Crippen MR) is 78.4 cm³/mol. The van der Waals surface area contributed by atoms with E-state index in [2.05, 4.69) is 20.9 Å². The Labute approximate surface area is 121 Å². The first-order chi connectivity index (χ1) is 9.10. The van der Waals surface area contributed by atoms with Crippen LogP contribution < -0.4 is 4.74 Å². The predicted octanol–water partition coefficient (Wildman–Crippen LogP) is 4.39. The number of aliphatic hydroxyl groups excluding tert-OH is 1. The summed E-state index contributed by atoms with van der Waals surface area (Å²) in [6, 6.07) is 9.49. The van der Waals surface area contributed by atoms with E-state index >= 15 is 0 Å². The van der Waals surface area contributed by atoms with E-state index in [1.165, 1.54) is 5.56 Å². The van der Waals surface area contributed by atoms with Gasteiger partial charge in [-0.15, -0.1) is 0 Å². The molecule has 0 amide bonds. The lowest BCUT2D eigenvalue weighted by Crippen LogP contribution is -1.98. The van der Waals surface area contributed by atoms with Gasteiger partial charge in [-0.1, -0.05) is 13.0 Å². The summed E-state index contributed by atoms with van der Waals surface area (Å²) in [6.07, 6.45) is 1.76. The number of hydrogen-bond donors (Lipinski definition) is 1. The minimum Gasteiger partial charge on any atom is -0.455 e. The van der Waals surface area contributed by atoms with Crippen molar-refractivity contribution in [2.75, 3.05) is 0 Å². The third-order valence-electron chi connectivity index (χ3n) is 2.80. The number of aryl methyl sites for hydroxylation is 1. The van der Waals surface area contributed by atoms with Gasteiger partial charge in [0.1, 0.15) is 11.5 Å². The van der Waals surface area contributed by atoms with Crippen molar-refractivity contribution >= 4 is 15.9 Å². The monoisotopic (exact) mass is 321 g/mol. The van der Waals surface area contributed by atoms with Gasteiger partial charge in [0, 0.05) is 0 Å². The van der Waals surface area contributed by atoms with Crippen molar-refractivity contribution in [3.8, 4) is 11.5 Å². The van der Waals surface area contributed by atoms with Crippen LogP contribution in [0, 0.1) is 6.92 Å². The van der Waals surface area contributed by atoms with Crippen LogP contribution in [0.2, 0.25) is 0 Å². The molecule has 0 spiro atoms. The first-order valence-corrected chi connectivity index (χ1v) is 6.97. The lowest BCUT2D eigenvalue weighted by Gasteiger charge is -2.10. The SMILES string of the molecule is CC[C@@H](O)c1ccc(Oc2ccc(C)cc2Br)cn1. The molecule has 1 N–H and O–H groups in total. The maximum atomic E-state index is 9.67. The minimum atomic E-state index is -0.514. The Balaban J connectivity index is 2.15. The highest BCUT2D eigenvalue weighted by molar-refractivity contribution is 9.10. The number of pyridine rings is 1. The molecule has 2 rings (SSSR count). The number of nitrogens with zero attached hydrogens (tertiary/aromatic N) is 1. The molecular weight excluding hydrogens is 306 g/mol. The fourth-order valence-electron chi connectivity index (χ4n) is 1.67. The molecule has 1 heterocycles. The standard InChI is InChI=1S/C15H16BrNO2/c1-3-14(18)13-6-5-11(9-17-13)19-15-7-4-10(2)8-12(15)16/h4-9,14,18H,3H2,1-2H3/t14-/m1/s1. The molecule has 100 valence electrons. The maximum absolute atomic E-state index is 9.67. The van der Waals surface area contributed by atoms with E-state index < -0.39 is 6.10 Å². The Morgan fingerprint density at radius 3 is 2.68 bits per heavy atom. The van der Waals surface area contributed by atoms with E-state index in [-0.39, 0.29) is 0 Å². The van der Waals surface area contributed by atoms with Gasteiger partial charge in [0.2, 0.25) is 0 Å². The average molecular weight is 322 g/mol. The van der Waals surface area contributed by atoms with Crippen molar-refractivity contribution in [1.82, 2.24) is 4.98 Å². The highest BCUT2D eigenvalue weighted by Crippen LogP contribution is 2.30. The summed E-state index contributed by atoms with van der Waals surface area (Å²) in [5, 5.41) is 9.67. The summed E-state index contributed by atoms with van der Waals surface area (Å²) in [5.74, 6) is 1.40. The summed E-state index contributed by atoms with van der Waals surface area (Å²) < 4.78 is 6.65. The van der Waals surface area contributed by atoms with Crippen LogP contribution in [0.15, 0.2) is 41.0 Å². The van der Waals surface area contributed by atoms with Gasteiger partial charge in [-0.2, -0.15) is 0 Å². The molecule has 0 saturated carbocycles. The Morgan fingerprint density at radius 1 is 1.32 bits per heavy atom. The molecule has 0 saturated heterocycles. The number of halogens is 1. The molecule has 3 nitrogen and oxygen atoms in total. The van der Waals surface area contributed by atoms with Crippen LogP contribution in [0.3, 0.4) is 0 Å². The zero-order chi connectivity index (χ0) is 13.8. The van der Waals surface area contributed by atoms with Gasteiger partial charge in [-0.05, 0) is 59.1 Å². The van der Waals surface area contributed by atoms with E-state index in [0.29, 0.717) is 17.9 Å². The smallest absolute Gasteiger partial charge is 0.145 e. The van der Waals surface area contributed by atoms with Crippen molar-refractivity contribution in [2.45, 2.75) is 26.4 Å². The lowest BCUT2D eigenvalue weighted by atomic mass is 10.2. The molecule has 1 atom stereocenters. The molecule has 0 bridgehead atoms. The fourth-order valence-corrected chi connectivity index (χ4v) is 2.25. The molecule has 1 aromatic carbocycles. The van der Waals surface area contributed by atoms with E-state index in [1.807, 2.05) is 38.1 Å². The Hall–Kier alpha value is -1.39. The second kappa shape index (κ2) is 6.17. The van der Waals surface area contributed by atoms with Gasteiger partial charge in [-0.3, -0.25) is 4.98 Å². The molecule has 0 unspecified atom stereocenters. The minimum absolute atomic E-state index is 0.514. The van der Waals surface area contributed by atoms with Crippen molar-refractivity contribution in [1.29, 1.82) is 0 Å². The molecule has 0 aliphatic rings. The summed E-state index contributed by atoms with van der Waals surface area (Å²) in [7, 11) is 0. The Bertz CT molecular complexity index is 555. The van der Waals surface area contributed by atoms with E-state index in [1.54, 1.807) is 12.3 Å². The lowest BCUT2D eigenvalue weighted by molar-refractivity contribution is 0.169. The molecule has 0 aliphatic heterocycles. The van der Waals surface area contributed by atoms with Gasteiger partial charge in [0.05, 0.1) is 22.5 Å². The van der Waals surface area contributed by atoms with Crippen LogP contribution in [0.25, 0.3) is 0 Å². The van der Waals surface area contributed by atoms with Crippen LogP contribution in [0.5, 0.6) is 11.5 Å². The Kier molecular flexibility index (Phi) is 4.56. The zero-order valence-electron chi connectivity index (χ0n) is 10.9. The van der Waals surface area contributed by atoms with E-state index in [0.717, 1.165) is 10.2 Å². The number of aliphatic hydroxyl groups is 1. The normalized spacial score (nSPS) is 12.2. The van der Waals surface area contributed by atoms with Crippen LogP contribution >= 0.6 is 15.9 Å². The van der Waals surface area contributed by atoms with Crippen molar-refractivity contribution in [3.05, 3.63) is 52.3 Å².